The van der Waals surface area contributed by atoms with E-state index in [1.54, 1.807) is 6.07 Å². The van der Waals surface area contributed by atoms with Crippen molar-refractivity contribution in [2.45, 2.75) is 50.2 Å². The largest absolute Gasteiger partial charge is 0.481 e. The first kappa shape index (κ1) is 31.1. The summed E-state index contributed by atoms with van der Waals surface area (Å²) in [5.74, 6) is -1.56. The topological polar surface area (TPSA) is 114 Å². The van der Waals surface area contributed by atoms with E-state index in [1.807, 2.05) is 6.92 Å². The highest BCUT2D eigenvalue weighted by atomic mass is 35.5. The quantitative estimate of drug-likeness (QED) is 0.197. The number of hydrogen-bond acceptors (Lipinski definition) is 5. The number of aryl methyl sites for hydroxylation is 1. The van der Waals surface area contributed by atoms with Crippen molar-refractivity contribution in [3.8, 4) is 0 Å². The minimum atomic E-state index is -4.61. The van der Waals surface area contributed by atoms with Gasteiger partial charge in [0.25, 0.3) is 5.91 Å². The Balaban J connectivity index is 1.64. The zero-order valence-corrected chi connectivity index (χ0v) is 24.2. The van der Waals surface area contributed by atoms with Crippen LogP contribution in [0.3, 0.4) is 0 Å². The van der Waals surface area contributed by atoms with Crippen LogP contribution in [0.1, 0.15) is 64.7 Å². The van der Waals surface area contributed by atoms with Gasteiger partial charge in [-0.1, -0.05) is 49.7 Å². The first-order valence-electron chi connectivity index (χ1n) is 13.0. The second-order valence-electron chi connectivity index (χ2n) is 9.64. The molecule has 0 aliphatic rings. The molecule has 4 rings (SSSR count). The monoisotopic (exact) mass is 621 g/mol. The molecule has 0 saturated heterocycles. The van der Waals surface area contributed by atoms with Crippen molar-refractivity contribution in [2.75, 3.05) is 5.75 Å². The molecule has 1 atom stereocenters. The van der Waals surface area contributed by atoms with Crippen molar-refractivity contribution in [3.05, 3.63) is 99.3 Å². The zero-order chi connectivity index (χ0) is 30.8. The summed E-state index contributed by atoms with van der Waals surface area (Å²) in [6.07, 6.45) is -4.74. The maximum atomic E-state index is 13.7. The Kier molecular flexibility index (Phi) is 9.03. The number of rotatable bonds is 10. The summed E-state index contributed by atoms with van der Waals surface area (Å²) in [5.41, 5.74) is 0.675. The van der Waals surface area contributed by atoms with Gasteiger partial charge in [0.2, 0.25) is 0 Å². The Bertz CT molecular complexity index is 1750. The molecule has 0 fully saturated rings. The number of hydrogen-bond donors (Lipinski definition) is 2. The molecule has 0 aliphatic heterocycles. The molecule has 0 unspecified atom stereocenters. The van der Waals surface area contributed by atoms with Crippen molar-refractivity contribution in [1.29, 1.82) is 0 Å². The minimum absolute atomic E-state index is 0.00658. The van der Waals surface area contributed by atoms with Crippen molar-refractivity contribution in [3.63, 3.8) is 0 Å². The predicted molar refractivity (Wildman–Crippen MR) is 151 cm³/mol. The SMILES string of the molecule is CCc1c(Cc2ccc(Cl)cc2C(F)(F)F)oc2cc(C(=O)N[C@@H](CC(=O)O)c3ccc(S(=O)(=O)CC)cc3)ccc12. The molecule has 0 saturated carbocycles. The fraction of sp³-hybridized carbons (Fsp3) is 0.267. The van der Waals surface area contributed by atoms with Gasteiger partial charge in [0, 0.05) is 28.0 Å². The van der Waals surface area contributed by atoms with E-state index in [2.05, 4.69) is 5.32 Å². The molecule has 0 aliphatic carbocycles. The van der Waals surface area contributed by atoms with E-state index in [9.17, 15) is 36.3 Å². The highest BCUT2D eigenvalue weighted by Crippen LogP contribution is 2.37. The number of carboxylic acids is 1. The third-order valence-corrected chi connectivity index (χ3v) is 8.91. The van der Waals surface area contributed by atoms with Crippen LogP contribution in [0.15, 0.2) is 70.0 Å². The Hall–Kier alpha value is -3.83. The predicted octanol–water partition coefficient (Wildman–Crippen LogP) is 7.00. The lowest BCUT2D eigenvalue weighted by Gasteiger charge is -2.18. The highest BCUT2D eigenvalue weighted by Gasteiger charge is 2.34. The van der Waals surface area contributed by atoms with Gasteiger partial charge in [-0.15, -0.1) is 0 Å². The van der Waals surface area contributed by atoms with Crippen molar-refractivity contribution < 1.29 is 40.7 Å². The molecule has 42 heavy (non-hydrogen) atoms. The second kappa shape index (κ2) is 12.2. The lowest BCUT2D eigenvalue weighted by atomic mass is 9.99. The molecule has 12 heteroatoms. The van der Waals surface area contributed by atoms with Crippen LogP contribution in [0.4, 0.5) is 13.2 Å². The number of fused-ring (bicyclic) bond motifs is 1. The van der Waals surface area contributed by atoms with Gasteiger partial charge in [-0.2, -0.15) is 13.2 Å². The molecule has 1 aromatic heterocycles. The summed E-state index contributed by atoms with van der Waals surface area (Å²) < 4.78 is 71.2. The van der Waals surface area contributed by atoms with Crippen LogP contribution in [-0.4, -0.2) is 31.2 Å². The number of furan rings is 1. The van der Waals surface area contributed by atoms with Gasteiger partial charge in [-0.05, 0) is 53.9 Å². The standard InChI is InChI=1S/C30H27ClF3NO6S/c1-3-22-23-12-8-19(14-27(23)41-26(22)13-18-5-9-20(31)15-24(18)30(32,33)34)29(38)35-25(16-28(36)37)17-6-10-21(11-7-17)42(39,40)4-2/h5-12,14-15,25H,3-4,13,16H2,1-2H3,(H,35,38)(H,36,37)/t25-/m0/s1. The lowest BCUT2D eigenvalue weighted by Crippen LogP contribution is -2.30. The number of alkyl halides is 3. The first-order chi connectivity index (χ1) is 19.7. The molecule has 222 valence electrons. The van der Waals surface area contributed by atoms with Gasteiger partial charge in [-0.3, -0.25) is 9.59 Å². The van der Waals surface area contributed by atoms with E-state index in [0.717, 1.165) is 6.07 Å². The molecule has 0 radical (unpaired) electrons. The lowest BCUT2D eigenvalue weighted by molar-refractivity contribution is -0.138. The van der Waals surface area contributed by atoms with Crippen molar-refractivity contribution >= 4 is 44.3 Å². The normalized spacial score (nSPS) is 12.8. The number of aliphatic carboxylic acids is 1. The molecule has 7 nitrogen and oxygen atoms in total. The summed E-state index contributed by atoms with van der Waals surface area (Å²) >= 11 is 5.81. The minimum Gasteiger partial charge on any atom is -0.481 e. The van der Waals surface area contributed by atoms with Crippen LogP contribution < -0.4 is 5.32 Å². The summed E-state index contributed by atoms with van der Waals surface area (Å²) in [7, 11) is -3.46. The van der Waals surface area contributed by atoms with Gasteiger partial charge < -0.3 is 14.8 Å². The molecule has 3 aromatic carbocycles. The number of nitrogens with one attached hydrogen (secondary N) is 1. The van der Waals surface area contributed by atoms with E-state index in [0.29, 0.717) is 34.3 Å². The summed E-state index contributed by atoms with van der Waals surface area (Å²) in [6, 6.07) is 12.9. The fourth-order valence-corrected chi connectivity index (χ4v) is 5.81. The Morgan fingerprint density at radius 2 is 1.71 bits per heavy atom. The fourth-order valence-electron chi connectivity index (χ4n) is 4.75. The number of sulfone groups is 1. The molecule has 2 N–H and O–H groups in total. The van der Waals surface area contributed by atoms with Gasteiger partial charge in [-0.25, -0.2) is 8.42 Å². The number of carboxylic acid groups (broad SMARTS) is 1. The Morgan fingerprint density at radius 3 is 2.31 bits per heavy atom. The van der Waals surface area contributed by atoms with Crippen LogP contribution >= 0.6 is 11.6 Å². The molecule has 0 spiro atoms. The maximum absolute atomic E-state index is 13.7. The van der Waals surface area contributed by atoms with Crippen molar-refractivity contribution in [1.82, 2.24) is 5.32 Å². The van der Waals surface area contributed by atoms with Crippen LogP contribution in [0.5, 0.6) is 0 Å². The smallest absolute Gasteiger partial charge is 0.416 e. The van der Waals surface area contributed by atoms with E-state index in [1.165, 1.54) is 55.5 Å². The highest BCUT2D eigenvalue weighted by molar-refractivity contribution is 7.91. The Labute approximate surface area is 245 Å². The van der Waals surface area contributed by atoms with E-state index >= 15 is 0 Å². The number of halogens is 4. The Morgan fingerprint density at radius 1 is 1.02 bits per heavy atom. The van der Waals surface area contributed by atoms with E-state index < -0.39 is 45.9 Å². The third kappa shape index (κ3) is 6.79. The maximum Gasteiger partial charge on any atom is 0.416 e. The summed E-state index contributed by atoms with van der Waals surface area (Å²) in [6.45, 7) is 3.35. The van der Waals surface area contributed by atoms with Gasteiger partial charge in [0.1, 0.15) is 11.3 Å². The number of benzene rings is 3. The number of amides is 1. The number of carbonyl (C=O) groups excluding carboxylic acids is 1. The summed E-state index contributed by atoms with van der Waals surface area (Å²) in [5, 5.41) is 12.7. The van der Waals surface area contributed by atoms with Crippen LogP contribution in [0.2, 0.25) is 5.02 Å². The second-order valence-corrected chi connectivity index (χ2v) is 12.4. The van der Waals surface area contributed by atoms with Gasteiger partial charge in [0.05, 0.1) is 28.7 Å². The van der Waals surface area contributed by atoms with Crippen LogP contribution in [0, 0.1) is 0 Å². The first-order valence-corrected chi connectivity index (χ1v) is 15.0. The number of carbonyl (C=O) groups is 2. The summed E-state index contributed by atoms with van der Waals surface area (Å²) in [4.78, 5) is 24.8. The van der Waals surface area contributed by atoms with E-state index in [4.69, 9.17) is 16.0 Å². The molecule has 4 aromatic rings. The van der Waals surface area contributed by atoms with Crippen LogP contribution in [0.25, 0.3) is 11.0 Å². The third-order valence-electron chi connectivity index (χ3n) is 6.93. The molecule has 1 heterocycles. The molecular formula is C30H27ClF3NO6S. The zero-order valence-electron chi connectivity index (χ0n) is 22.6. The average Bonchev–Trinajstić information content (AvgIpc) is 3.29. The molecule has 0 bridgehead atoms. The van der Waals surface area contributed by atoms with Crippen molar-refractivity contribution in [2.24, 2.45) is 0 Å². The average molecular weight is 622 g/mol. The molecular weight excluding hydrogens is 595 g/mol. The van der Waals surface area contributed by atoms with E-state index in [-0.39, 0.29) is 33.2 Å². The van der Waals surface area contributed by atoms with Crippen LogP contribution in [-0.2, 0) is 33.6 Å². The van der Waals surface area contributed by atoms with Gasteiger partial charge in [0.15, 0.2) is 9.84 Å². The van der Waals surface area contributed by atoms with Gasteiger partial charge >= 0.3 is 12.1 Å². The molecule has 1 amide bonds.